The Bertz CT molecular complexity index is 1240. The topological polar surface area (TPSA) is 147 Å². The predicted octanol–water partition coefficient (Wildman–Crippen LogP) is 1.99. The van der Waals surface area contributed by atoms with Crippen LogP contribution in [0, 0.1) is 18.7 Å². The van der Waals surface area contributed by atoms with Gasteiger partial charge in [-0.05, 0) is 56.9 Å². The van der Waals surface area contributed by atoms with Crippen molar-refractivity contribution in [3.63, 3.8) is 0 Å². The van der Waals surface area contributed by atoms with E-state index in [-0.39, 0.29) is 19.0 Å². The summed E-state index contributed by atoms with van der Waals surface area (Å²) in [7, 11) is -4.22. The van der Waals surface area contributed by atoms with Gasteiger partial charge in [-0.15, -0.1) is 0 Å². The molecule has 2 fully saturated rings. The smallest absolute Gasteiger partial charge is 0.459 e. The number of halogens is 1. The van der Waals surface area contributed by atoms with Crippen LogP contribution in [-0.4, -0.2) is 47.7 Å². The average Bonchev–Trinajstić information content (AvgIpc) is 3.55. The number of benzene rings is 1. The van der Waals surface area contributed by atoms with Crippen molar-refractivity contribution >= 4 is 13.7 Å². The van der Waals surface area contributed by atoms with Gasteiger partial charge in [0.25, 0.3) is 5.56 Å². The van der Waals surface area contributed by atoms with Crippen molar-refractivity contribution in [1.82, 2.24) is 14.6 Å². The van der Waals surface area contributed by atoms with Gasteiger partial charge in [-0.3, -0.25) is 23.7 Å². The highest BCUT2D eigenvalue weighted by Gasteiger charge is 2.36. The zero-order chi connectivity index (χ0) is 25.9. The first kappa shape index (κ1) is 26.2. The quantitative estimate of drug-likeness (QED) is 0.328. The van der Waals surface area contributed by atoms with Crippen LogP contribution in [0.15, 0.2) is 40.1 Å². The molecule has 4 rings (SSSR count). The van der Waals surface area contributed by atoms with Crippen molar-refractivity contribution in [3.05, 3.63) is 62.7 Å². The molecule has 0 bridgehead atoms. The Morgan fingerprint density at radius 2 is 2.00 bits per heavy atom. The summed E-state index contributed by atoms with van der Waals surface area (Å²) < 4.78 is 55.3. The number of aromatic amines is 1. The van der Waals surface area contributed by atoms with Crippen molar-refractivity contribution in [2.75, 3.05) is 19.8 Å². The Balaban J connectivity index is 1.41. The molecule has 0 amide bonds. The van der Waals surface area contributed by atoms with Gasteiger partial charge in [-0.25, -0.2) is 13.8 Å². The van der Waals surface area contributed by atoms with E-state index in [9.17, 15) is 23.3 Å². The molecule has 1 unspecified atom stereocenters. The minimum absolute atomic E-state index is 0.0344. The Morgan fingerprint density at radius 1 is 1.28 bits per heavy atom. The van der Waals surface area contributed by atoms with E-state index in [1.807, 2.05) is 0 Å². The highest BCUT2D eigenvalue weighted by atomic mass is 31.2. The molecule has 1 aromatic carbocycles. The molecule has 1 saturated carbocycles. The summed E-state index contributed by atoms with van der Waals surface area (Å²) in [6.45, 7) is 2.83. The fourth-order valence-corrected chi connectivity index (χ4v) is 4.74. The Kier molecular flexibility index (Phi) is 8.06. The van der Waals surface area contributed by atoms with E-state index < -0.39 is 55.9 Å². The van der Waals surface area contributed by atoms with Crippen LogP contribution in [0.4, 0.5) is 4.39 Å². The maximum Gasteiger partial charge on any atom is 0.459 e. The first-order chi connectivity index (χ1) is 17.1. The number of nitrogens with zero attached hydrogens (tertiary/aromatic N) is 1. The number of hydrogen-bond acceptors (Lipinski definition) is 9. The number of esters is 1. The second-order valence-corrected chi connectivity index (χ2v) is 10.3. The molecule has 1 aromatic heterocycles. The van der Waals surface area contributed by atoms with E-state index in [2.05, 4.69) is 10.1 Å². The van der Waals surface area contributed by atoms with Gasteiger partial charge < -0.3 is 18.7 Å². The fraction of sp³-hybridized carbons (Fsp3) is 0.500. The number of rotatable bonds is 11. The minimum Gasteiger partial charge on any atom is -0.464 e. The molecule has 14 heteroatoms. The van der Waals surface area contributed by atoms with Crippen molar-refractivity contribution in [2.45, 2.75) is 45.2 Å². The number of carbonyl (C=O) groups is 1. The third-order valence-electron chi connectivity index (χ3n) is 5.47. The first-order valence-corrected chi connectivity index (χ1v) is 12.9. The van der Waals surface area contributed by atoms with Crippen LogP contribution >= 0.6 is 7.75 Å². The summed E-state index contributed by atoms with van der Waals surface area (Å²) in [5.74, 6) is -0.764. The van der Waals surface area contributed by atoms with Gasteiger partial charge in [0.15, 0.2) is 12.5 Å². The van der Waals surface area contributed by atoms with Gasteiger partial charge in [0.1, 0.15) is 24.2 Å². The van der Waals surface area contributed by atoms with Crippen LogP contribution in [0.1, 0.15) is 31.6 Å². The van der Waals surface area contributed by atoms with E-state index in [1.165, 1.54) is 36.7 Å². The maximum absolute atomic E-state index is 13.5. The minimum atomic E-state index is -4.22. The molecular formula is C22H27FN3O9P. The largest absolute Gasteiger partial charge is 0.464 e. The van der Waals surface area contributed by atoms with Crippen molar-refractivity contribution in [1.29, 1.82) is 0 Å². The monoisotopic (exact) mass is 527 g/mol. The molecule has 1 aliphatic carbocycles. The SMILES string of the molecule is Cc1cn([C@H]2CO[C@@H](COP(=O)(N[C@@H](C)C(=O)OCC3CC3)Oc3ccc(F)cc3)O2)c(=O)[nH]c1=O. The van der Waals surface area contributed by atoms with Crippen LogP contribution in [0.5, 0.6) is 5.75 Å². The summed E-state index contributed by atoms with van der Waals surface area (Å²) in [5.41, 5.74) is -0.877. The van der Waals surface area contributed by atoms with Gasteiger partial charge in [0.05, 0.1) is 13.2 Å². The number of carbonyl (C=O) groups excluding carboxylic acids is 1. The number of H-pyrrole nitrogens is 1. The highest BCUT2D eigenvalue weighted by Crippen LogP contribution is 2.45. The standard InChI is InChI=1S/C22H27FN3O9P/c1-13-9-26(22(29)24-20(13)27)18-11-31-19(34-18)12-33-36(30,35-17-7-5-16(23)6-8-17)25-14(2)21(28)32-10-15-3-4-15/h5-9,14-15,18-19H,3-4,10-12H2,1-2H3,(H,25,30)(H,24,27,29)/t14-,18+,19+,36?/m0/s1. The zero-order valence-corrected chi connectivity index (χ0v) is 20.6. The first-order valence-electron chi connectivity index (χ1n) is 11.4. The third-order valence-corrected chi connectivity index (χ3v) is 7.12. The van der Waals surface area contributed by atoms with Crippen molar-refractivity contribution < 1.29 is 37.0 Å². The van der Waals surface area contributed by atoms with E-state index >= 15 is 0 Å². The number of nitrogens with one attached hydrogen (secondary N) is 2. The number of ether oxygens (including phenoxy) is 3. The molecule has 12 nitrogen and oxygen atoms in total. The maximum atomic E-state index is 13.5. The summed E-state index contributed by atoms with van der Waals surface area (Å²) in [6.07, 6.45) is 1.44. The zero-order valence-electron chi connectivity index (χ0n) is 19.7. The molecule has 4 atom stereocenters. The Morgan fingerprint density at radius 3 is 2.69 bits per heavy atom. The molecule has 36 heavy (non-hydrogen) atoms. The summed E-state index contributed by atoms with van der Waals surface area (Å²) in [4.78, 5) is 38.2. The van der Waals surface area contributed by atoms with Gasteiger partial charge >= 0.3 is 19.4 Å². The van der Waals surface area contributed by atoms with Gasteiger partial charge in [-0.1, -0.05) is 0 Å². The van der Waals surface area contributed by atoms with Crippen LogP contribution in [0.2, 0.25) is 0 Å². The van der Waals surface area contributed by atoms with Crippen LogP contribution in [0.25, 0.3) is 0 Å². The normalized spacial score (nSPS) is 22.1. The van der Waals surface area contributed by atoms with E-state index in [1.54, 1.807) is 0 Å². The van der Waals surface area contributed by atoms with Crippen LogP contribution in [-0.2, 0) is 28.1 Å². The van der Waals surface area contributed by atoms with Gasteiger partial charge in [-0.2, -0.15) is 5.09 Å². The molecule has 0 spiro atoms. The van der Waals surface area contributed by atoms with Crippen molar-refractivity contribution in [3.8, 4) is 5.75 Å². The summed E-state index contributed by atoms with van der Waals surface area (Å²) in [5, 5.41) is 2.53. The average molecular weight is 527 g/mol. The Labute approximate surface area is 205 Å². The molecule has 0 radical (unpaired) electrons. The number of aromatic nitrogens is 2. The molecule has 1 aliphatic heterocycles. The lowest BCUT2D eigenvalue weighted by molar-refractivity contribution is -0.145. The highest BCUT2D eigenvalue weighted by molar-refractivity contribution is 7.52. The van der Waals surface area contributed by atoms with E-state index in [0.717, 1.165) is 25.0 Å². The van der Waals surface area contributed by atoms with Crippen LogP contribution in [0.3, 0.4) is 0 Å². The van der Waals surface area contributed by atoms with E-state index in [4.69, 9.17) is 23.3 Å². The Hall–Kier alpha value is -2.83. The molecular weight excluding hydrogens is 500 g/mol. The summed E-state index contributed by atoms with van der Waals surface area (Å²) >= 11 is 0. The predicted molar refractivity (Wildman–Crippen MR) is 123 cm³/mol. The van der Waals surface area contributed by atoms with Gasteiger partial charge in [0.2, 0.25) is 0 Å². The molecule has 2 heterocycles. The fourth-order valence-electron chi connectivity index (χ4n) is 3.26. The second-order valence-electron chi connectivity index (χ2n) is 8.59. The number of aryl methyl sites for hydroxylation is 1. The lowest BCUT2D eigenvalue weighted by Gasteiger charge is -2.24. The lowest BCUT2D eigenvalue weighted by atomic mass is 10.3. The molecule has 2 aliphatic rings. The van der Waals surface area contributed by atoms with Gasteiger partial charge in [0, 0.05) is 11.8 Å². The molecule has 2 aromatic rings. The molecule has 2 N–H and O–H groups in total. The van der Waals surface area contributed by atoms with Crippen LogP contribution < -0.4 is 20.9 Å². The molecule has 1 saturated heterocycles. The molecule has 196 valence electrons. The van der Waals surface area contributed by atoms with Crippen molar-refractivity contribution in [2.24, 2.45) is 5.92 Å². The lowest BCUT2D eigenvalue weighted by Crippen LogP contribution is -2.36. The van der Waals surface area contributed by atoms with E-state index in [0.29, 0.717) is 11.5 Å². The third kappa shape index (κ3) is 6.89. The summed E-state index contributed by atoms with van der Waals surface area (Å²) in [6, 6.07) is 3.70. The number of hydrogen-bond donors (Lipinski definition) is 2. The second kappa shape index (κ2) is 11.1.